The Labute approximate surface area is 180 Å². The van der Waals surface area contributed by atoms with Crippen molar-refractivity contribution >= 4 is 21.6 Å². The van der Waals surface area contributed by atoms with E-state index in [0.29, 0.717) is 21.5 Å². The summed E-state index contributed by atoms with van der Waals surface area (Å²) in [4.78, 5) is 17.3. The van der Waals surface area contributed by atoms with Crippen LogP contribution in [0.5, 0.6) is 5.75 Å². The van der Waals surface area contributed by atoms with Crippen LogP contribution in [0.4, 0.5) is 10.1 Å². The molecule has 3 rings (SSSR count). The zero-order valence-electron chi connectivity index (χ0n) is 16.9. The van der Waals surface area contributed by atoms with E-state index in [2.05, 4.69) is 5.32 Å². The van der Waals surface area contributed by atoms with Gasteiger partial charge in [-0.05, 0) is 48.0 Å². The summed E-state index contributed by atoms with van der Waals surface area (Å²) < 4.78 is 44.4. The van der Waals surface area contributed by atoms with Crippen LogP contribution in [0.1, 0.15) is 15.9 Å². The number of nitrogens with one attached hydrogen (secondary N) is 1. The Morgan fingerprint density at radius 2 is 1.77 bits per heavy atom. The fraction of sp³-hybridized carbons (Fsp3) is 0.136. The lowest BCUT2D eigenvalue weighted by Gasteiger charge is -2.14. The van der Waals surface area contributed by atoms with Gasteiger partial charge in [-0.15, -0.1) is 0 Å². The summed E-state index contributed by atoms with van der Waals surface area (Å²) in [6.07, 6.45) is 0. The molecule has 0 aliphatic rings. The fourth-order valence-electron chi connectivity index (χ4n) is 2.70. The second-order valence-electron chi connectivity index (χ2n) is 6.53. The second-order valence-corrected chi connectivity index (χ2v) is 8.46. The largest absolute Gasteiger partial charge is 0.489 e. The first-order valence-electron chi connectivity index (χ1n) is 9.21. The van der Waals surface area contributed by atoms with Crippen LogP contribution in [0.15, 0.2) is 77.7 Å². The van der Waals surface area contributed by atoms with Crippen molar-refractivity contribution in [2.24, 2.45) is 0 Å². The molecule has 0 fully saturated rings. The minimum absolute atomic E-state index is 0.0725. The van der Waals surface area contributed by atoms with E-state index in [1.54, 1.807) is 36.4 Å². The number of sulfonamides is 1. The van der Waals surface area contributed by atoms with Gasteiger partial charge in [0.1, 0.15) is 18.2 Å². The molecule has 0 aliphatic carbocycles. The predicted octanol–water partition coefficient (Wildman–Crippen LogP) is 3.84. The lowest BCUT2D eigenvalue weighted by molar-refractivity contribution is -0.0258. The summed E-state index contributed by atoms with van der Waals surface area (Å²) in [5, 5.41) is 2.71. The second kappa shape index (κ2) is 9.69. The van der Waals surface area contributed by atoms with Crippen LogP contribution in [0, 0.1) is 5.82 Å². The first kappa shape index (κ1) is 22.4. The Hall–Kier alpha value is -3.27. The summed E-state index contributed by atoms with van der Waals surface area (Å²) in [5.74, 6) is -0.345. The van der Waals surface area contributed by atoms with Crippen molar-refractivity contribution in [2.75, 3.05) is 19.5 Å². The maximum atomic E-state index is 13.3. The molecule has 0 bridgehead atoms. The monoisotopic (exact) mass is 444 g/mol. The van der Waals surface area contributed by atoms with Crippen LogP contribution in [-0.2, 0) is 21.5 Å². The molecule has 31 heavy (non-hydrogen) atoms. The van der Waals surface area contributed by atoms with E-state index < -0.39 is 15.9 Å². The normalized spacial score (nSPS) is 11.4. The van der Waals surface area contributed by atoms with Gasteiger partial charge in [0.2, 0.25) is 0 Å². The van der Waals surface area contributed by atoms with E-state index in [9.17, 15) is 17.6 Å². The van der Waals surface area contributed by atoms with Crippen LogP contribution in [0.25, 0.3) is 0 Å². The van der Waals surface area contributed by atoms with Crippen molar-refractivity contribution < 1.29 is 27.2 Å². The number of hydrogen-bond acceptors (Lipinski definition) is 5. The number of benzene rings is 3. The number of rotatable bonds is 8. The number of anilines is 1. The van der Waals surface area contributed by atoms with E-state index in [-0.39, 0.29) is 22.9 Å². The molecule has 3 aromatic rings. The molecule has 0 heterocycles. The topological polar surface area (TPSA) is 84.9 Å². The molecule has 9 heteroatoms. The molecular weight excluding hydrogens is 423 g/mol. The third kappa shape index (κ3) is 5.66. The molecule has 162 valence electrons. The standard InChI is InChI=1S/C22H21FN2O5S/c1-25(29-2)31(27,28)21-11-4-7-17(13-21)22(26)24-19-9-5-10-20(14-19)30-15-16-6-3-8-18(23)12-16/h3-14H,15H2,1-2H3,(H,24,26). The van der Waals surface area contributed by atoms with Crippen LogP contribution in [0.2, 0.25) is 0 Å². The average Bonchev–Trinajstić information content (AvgIpc) is 2.77. The molecule has 1 N–H and O–H groups in total. The molecule has 7 nitrogen and oxygen atoms in total. The molecule has 0 spiro atoms. The highest BCUT2D eigenvalue weighted by Gasteiger charge is 2.22. The summed E-state index contributed by atoms with van der Waals surface area (Å²) in [5.41, 5.74) is 1.30. The highest BCUT2D eigenvalue weighted by Crippen LogP contribution is 2.21. The van der Waals surface area contributed by atoms with E-state index in [4.69, 9.17) is 9.57 Å². The highest BCUT2D eigenvalue weighted by atomic mass is 32.2. The molecule has 0 atom stereocenters. The molecule has 0 saturated heterocycles. The van der Waals surface area contributed by atoms with Gasteiger partial charge in [0.25, 0.3) is 15.9 Å². The molecule has 0 aromatic heterocycles. The minimum Gasteiger partial charge on any atom is -0.489 e. The van der Waals surface area contributed by atoms with Crippen molar-refractivity contribution in [2.45, 2.75) is 11.5 Å². The summed E-state index contributed by atoms with van der Waals surface area (Å²) in [7, 11) is -1.38. The maximum absolute atomic E-state index is 13.3. The van der Waals surface area contributed by atoms with Gasteiger partial charge in [0.05, 0.1) is 12.0 Å². The van der Waals surface area contributed by atoms with Gasteiger partial charge in [0.15, 0.2) is 0 Å². The first-order valence-corrected chi connectivity index (χ1v) is 10.7. The van der Waals surface area contributed by atoms with Gasteiger partial charge in [0, 0.05) is 24.4 Å². The fourth-order valence-corrected chi connectivity index (χ4v) is 3.72. The number of ether oxygens (including phenoxy) is 1. The predicted molar refractivity (Wildman–Crippen MR) is 114 cm³/mol. The maximum Gasteiger partial charge on any atom is 0.264 e. The first-order chi connectivity index (χ1) is 14.8. The van der Waals surface area contributed by atoms with E-state index in [1.807, 2.05) is 0 Å². The van der Waals surface area contributed by atoms with Gasteiger partial charge < -0.3 is 10.1 Å². The Balaban J connectivity index is 1.71. The van der Waals surface area contributed by atoms with Gasteiger partial charge >= 0.3 is 0 Å². The number of halogens is 1. The van der Waals surface area contributed by atoms with E-state index >= 15 is 0 Å². The SMILES string of the molecule is CON(C)S(=O)(=O)c1cccc(C(=O)Nc2cccc(OCc3cccc(F)c3)c2)c1. The molecule has 0 saturated carbocycles. The van der Waals surface area contributed by atoms with Crippen LogP contribution >= 0.6 is 0 Å². The quantitative estimate of drug-likeness (QED) is 0.534. The average molecular weight is 444 g/mol. The number of hydroxylamine groups is 1. The molecule has 3 aromatic carbocycles. The zero-order valence-corrected chi connectivity index (χ0v) is 17.7. The summed E-state index contributed by atoms with van der Waals surface area (Å²) >= 11 is 0. The number of amides is 1. The highest BCUT2D eigenvalue weighted by molar-refractivity contribution is 7.89. The minimum atomic E-state index is -3.88. The van der Waals surface area contributed by atoms with Crippen molar-refractivity contribution in [1.82, 2.24) is 4.47 Å². The molecular formula is C22H21FN2O5S. The third-order valence-corrected chi connectivity index (χ3v) is 6.05. The summed E-state index contributed by atoms with van der Waals surface area (Å²) in [6, 6.07) is 18.4. The lowest BCUT2D eigenvalue weighted by Crippen LogP contribution is -2.26. The van der Waals surface area contributed by atoms with Gasteiger partial charge in [-0.1, -0.05) is 28.7 Å². The molecule has 1 amide bonds. The number of nitrogens with zero attached hydrogens (tertiary/aromatic N) is 1. The van der Waals surface area contributed by atoms with Gasteiger partial charge in [-0.2, -0.15) is 0 Å². The van der Waals surface area contributed by atoms with Crippen molar-refractivity contribution in [3.8, 4) is 5.75 Å². The Bertz CT molecular complexity index is 1180. The smallest absolute Gasteiger partial charge is 0.264 e. The molecule has 0 radical (unpaired) electrons. The molecule has 0 unspecified atom stereocenters. The van der Waals surface area contributed by atoms with Gasteiger partial charge in [-0.25, -0.2) is 12.8 Å². The van der Waals surface area contributed by atoms with Crippen LogP contribution < -0.4 is 10.1 Å². The van der Waals surface area contributed by atoms with Crippen molar-refractivity contribution in [1.29, 1.82) is 0 Å². The van der Waals surface area contributed by atoms with Crippen molar-refractivity contribution in [3.05, 3.63) is 89.7 Å². The Morgan fingerprint density at radius 3 is 2.52 bits per heavy atom. The summed E-state index contributed by atoms with van der Waals surface area (Å²) in [6.45, 7) is 0.169. The van der Waals surface area contributed by atoms with Crippen LogP contribution in [-0.4, -0.2) is 33.0 Å². The Kier molecular flexibility index (Phi) is 7.01. The Morgan fingerprint density at radius 1 is 1.03 bits per heavy atom. The van der Waals surface area contributed by atoms with E-state index in [0.717, 1.165) is 0 Å². The number of hydrogen-bond donors (Lipinski definition) is 1. The van der Waals surface area contributed by atoms with Crippen LogP contribution in [0.3, 0.4) is 0 Å². The number of carbonyl (C=O) groups is 1. The number of carbonyl (C=O) groups excluding carboxylic acids is 1. The third-order valence-electron chi connectivity index (χ3n) is 4.38. The van der Waals surface area contributed by atoms with Gasteiger partial charge in [-0.3, -0.25) is 9.63 Å². The zero-order chi connectivity index (χ0) is 22.4. The molecule has 0 aliphatic heterocycles. The van der Waals surface area contributed by atoms with Crippen molar-refractivity contribution in [3.63, 3.8) is 0 Å². The van der Waals surface area contributed by atoms with E-state index in [1.165, 1.54) is 50.6 Å². The lowest BCUT2D eigenvalue weighted by atomic mass is 10.2.